The van der Waals surface area contributed by atoms with Crippen LogP contribution in [0, 0.1) is 5.92 Å². The Hall–Kier alpha value is -2.58. The summed E-state index contributed by atoms with van der Waals surface area (Å²) in [6.45, 7) is 8.01. The van der Waals surface area contributed by atoms with Crippen molar-refractivity contribution in [3.8, 4) is 11.6 Å². The maximum absolute atomic E-state index is 12.5. The fourth-order valence-corrected chi connectivity index (χ4v) is 4.70. The zero-order valence-corrected chi connectivity index (χ0v) is 19.6. The van der Waals surface area contributed by atoms with Gasteiger partial charge in [-0.25, -0.2) is 0 Å². The monoisotopic (exact) mass is 453 g/mol. The lowest BCUT2D eigenvalue weighted by Gasteiger charge is -2.35. The highest BCUT2D eigenvalue weighted by atomic mass is 32.2. The summed E-state index contributed by atoms with van der Waals surface area (Å²) in [6, 6.07) is 14.2. The molecule has 170 valence electrons. The third kappa shape index (κ3) is 5.81. The Morgan fingerprint density at radius 2 is 1.97 bits per heavy atom. The van der Waals surface area contributed by atoms with Crippen LogP contribution in [0.25, 0.3) is 11.6 Å². The maximum atomic E-state index is 12.5. The molecule has 0 aliphatic carbocycles. The van der Waals surface area contributed by atoms with E-state index < -0.39 is 0 Å². The second kappa shape index (κ2) is 10.8. The molecule has 1 aliphatic heterocycles. The van der Waals surface area contributed by atoms with Gasteiger partial charge in [-0.2, -0.15) is 0 Å². The third-order valence-corrected chi connectivity index (χ3v) is 6.98. The normalized spacial score (nSPS) is 16.2. The second-order valence-electron chi connectivity index (χ2n) is 8.52. The number of nitrogens with zero attached hydrogens (tertiary/aromatic N) is 4. The van der Waals surface area contributed by atoms with Crippen LogP contribution in [0.15, 0.2) is 58.3 Å². The molecule has 1 atom stereocenters. The molecule has 1 aliphatic rings. The molecule has 4 rings (SSSR count). The highest BCUT2D eigenvalue weighted by Crippen LogP contribution is 2.25. The average Bonchev–Trinajstić information content (AvgIpc) is 3.47. The largest absolute Gasteiger partial charge is 0.461 e. The van der Waals surface area contributed by atoms with E-state index in [0.717, 1.165) is 24.6 Å². The molecule has 1 fully saturated rings. The summed E-state index contributed by atoms with van der Waals surface area (Å²) < 4.78 is 7.55. The van der Waals surface area contributed by atoms with Crippen molar-refractivity contribution in [3.05, 3.63) is 54.3 Å². The fraction of sp³-hybridized carbons (Fsp3) is 0.458. The summed E-state index contributed by atoms with van der Waals surface area (Å²) >= 11 is 1.40. The number of piperidine rings is 1. The van der Waals surface area contributed by atoms with Crippen LogP contribution in [0.2, 0.25) is 0 Å². The number of hydrogen-bond donors (Lipinski definition) is 1. The number of aromatic nitrogens is 3. The van der Waals surface area contributed by atoms with Crippen molar-refractivity contribution in [2.75, 3.05) is 25.4 Å². The minimum Gasteiger partial charge on any atom is -0.461 e. The molecule has 0 spiro atoms. The molecule has 1 N–H and O–H groups in total. The molecular weight excluding hydrogens is 422 g/mol. The first-order chi connectivity index (χ1) is 15.6. The van der Waals surface area contributed by atoms with Gasteiger partial charge in [-0.1, -0.05) is 49.0 Å². The molecule has 3 aromatic rings. The predicted octanol–water partition coefficient (Wildman–Crippen LogP) is 3.92. The van der Waals surface area contributed by atoms with Crippen LogP contribution >= 0.6 is 11.8 Å². The van der Waals surface area contributed by atoms with Crippen LogP contribution in [-0.2, 0) is 11.3 Å². The van der Waals surface area contributed by atoms with Gasteiger partial charge in [0.15, 0.2) is 10.9 Å². The van der Waals surface area contributed by atoms with Crippen molar-refractivity contribution < 1.29 is 9.21 Å². The van der Waals surface area contributed by atoms with Crippen LogP contribution in [0.3, 0.4) is 0 Å². The smallest absolute Gasteiger partial charge is 0.230 e. The molecule has 32 heavy (non-hydrogen) atoms. The lowest BCUT2D eigenvalue weighted by molar-refractivity contribution is -0.118. The van der Waals surface area contributed by atoms with E-state index in [1.807, 2.05) is 34.9 Å². The van der Waals surface area contributed by atoms with Gasteiger partial charge in [0.1, 0.15) is 0 Å². The SMILES string of the molecule is CC1CCN(C(C)CNC(=O)CSc2nnc(-c3ccco3)n2Cc2ccccc2)CC1. The highest BCUT2D eigenvalue weighted by Gasteiger charge is 2.21. The molecule has 0 bridgehead atoms. The molecule has 1 amide bonds. The molecular formula is C24H31N5O2S. The lowest BCUT2D eigenvalue weighted by Crippen LogP contribution is -2.45. The number of furan rings is 1. The number of thioether (sulfide) groups is 1. The fourth-order valence-electron chi connectivity index (χ4n) is 3.93. The van der Waals surface area contributed by atoms with Gasteiger partial charge >= 0.3 is 0 Å². The van der Waals surface area contributed by atoms with E-state index in [-0.39, 0.29) is 5.91 Å². The number of carbonyl (C=O) groups excluding carboxylic acids is 1. The minimum atomic E-state index is 0.0148. The molecule has 1 saturated heterocycles. The van der Waals surface area contributed by atoms with E-state index in [1.54, 1.807) is 6.26 Å². The molecule has 1 aromatic carbocycles. The molecule has 0 saturated carbocycles. The van der Waals surface area contributed by atoms with Gasteiger partial charge < -0.3 is 9.73 Å². The van der Waals surface area contributed by atoms with Crippen molar-refractivity contribution in [2.45, 2.75) is 44.4 Å². The molecule has 2 aromatic heterocycles. The lowest BCUT2D eigenvalue weighted by atomic mass is 9.98. The van der Waals surface area contributed by atoms with E-state index in [9.17, 15) is 4.79 Å². The van der Waals surface area contributed by atoms with E-state index >= 15 is 0 Å². The Bertz CT molecular complexity index is 981. The molecule has 7 nitrogen and oxygen atoms in total. The van der Waals surface area contributed by atoms with Gasteiger partial charge in [0, 0.05) is 12.6 Å². The first kappa shape index (κ1) is 22.6. The van der Waals surface area contributed by atoms with Gasteiger partial charge in [-0.3, -0.25) is 14.3 Å². The third-order valence-electron chi connectivity index (χ3n) is 6.01. The number of amides is 1. The highest BCUT2D eigenvalue weighted by molar-refractivity contribution is 7.99. The van der Waals surface area contributed by atoms with Crippen molar-refractivity contribution >= 4 is 17.7 Å². The molecule has 0 radical (unpaired) electrons. The molecule has 8 heteroatoms. The van der Waals surface area contributed by atoms with E-state index in [4.69, 9.17) is 4.42 Å². The number of nitrogens with one attached hydrogen (secondary N) is 1. The number of hydrogen-bond acceptors (Lipinski definition) is 6. The van der Waals surface area contributed by atoms with Gasteiger partial charge in [0.2, 0.25) is 11.7 Å². The van der Waals surface area contributed by atoms with Crippen molar-refractivity contribution in [2.24, 2.45) is 5.92 Å². The molecule has 1 unspecified atom stereocenters. The minimum absolute atomic E-state index is 0.0148. The van der Waals surface area contributed by atoms with Crippen LogP contribution in [0.5, 0.6) is 0 Å². The Morgan fingerprint density at radius 1 is 1.19 bits per heavy atom. The standard InChI is InChI=1S/C24H31N5O2S/c1-18-10-12-28(13-11-18)19(2)15-25-22(30)17-32-24-27-26-23(21-9-6-14-31-21)29(24)16-20-7-4-3-5-8-20/h3-9,14,18-19H,10-13,15-17H2,1-2H3,(H,25,30). The number of carbonyl (C=O) groups is 1. The van der Waals surface area contributed by atoms with Crippen LogP contribution < -0.4 is 5.32 Å². The van der Waals surface area contributed by atoms with Crippen LogP contribution in [0.4, 0.5) is 0 Å². The Kier molecular flexibility index (Phi) is 7.65. The average molecular weight is 454 g/mol. The number of rotatable bonds is 9. The maximum Gasteiger partial charge on any atom is 0.230 e. The van der Waals surface area contributed by atoms with E-state index in [0.29, 0.717) is 41.6 Å². The Balaban J connectivity index is 1.35. The van der Waals surface area contributed by atoms with Gasteiger partial charge in [-0.05, 0) is 56.5 Å². The Labute approximate surface area is 193 Å². The van der Waals surface area contributed by atoms with Gasteiger partial charge in [0.05, 0.1) is 18.6 Å². The summed E-state index contributed by atoms with van der Waals surface area (Å²) in [4.78, 5) is 15.0. The zero-order valence-electron chi connectivity index (χ0n) is 18.7. The van der Waals surface area contributed by atoms with Crippen LogP contribution in [-0.4, -0.2) is 57.0 Å². The summed E-state index contributed by atoms with van der Waals surface area (Å²) in [6.07, 6.45) is 4.10. The second-order valence-corrected chi connectivity index (χ2v) is 9.46. The predicted molar refractivity (Wildman–Crippen MR) is 126 cm³/mol. The van der Waals surface area contributed by atoms with E-state index in [2.05, 4.69) is 46.4 Å². The van der Waals surface area contributed by atoms with Crippen molar-refractivity contribution in [3.63, 3.8) is 0 Å². The van der Waals surface area contributed by atoms with Crippen LogP contribution in [0.1, 0.15) is 32.3 Å². The Morgan fingerprint density at radius 3 is 2.69 bits per heavy atom. The van der Waals surface area contributed by atoms with Gasteiger partial charge in [-0.15, -0.1) is 10.2 Å². The quantitative estimate of drug-likeness (QED) is 0.495. The van der Waals surface area contributed by atoms with Crippen molar-refractivity contribution in [1.29, 1.82) is 0 Å². The summed E-state index contributed by atoms with van der Waals surface area (Å²) in [5, 5.41) is 12.5. The zero-order chi connectivity index (χ0) is 22.3. The summed E-state index contributed by atoms with van der Waals surface area (Å²) in [7, 11) is 0. The first-order valence-corrected chi connectivity index (χ1v) is 12.2. The topological polar surface area (TPSA) is 76.2 Å². The van der Waals surface area contributed by atoms with Gasteiger partial charge in [0.25, 0.3) is 0 Å². The number of benzene rings is 1. The summed E-state index contributed by atoms with van der Waals surface area (Å²) in [5.74, 6) is 2.45. The number of likely N-dealkylation sites (tertiary alicyclic amines) is 1. The van der Waals surface area contributed by atoms with E-state index in [1.165, 1.54) is 24.6 Å². The summed E-state index contributed by atoms with van der Waals surface area (Å²) in [5.41, 5.74) is 1.14. The van der Waals surface area contributed by atoms with Crippen molar-refractivity contribution in [1.82, 2.24) is 25.0 Å². The molecule has 3 heterocycles. The first-order valence-electron chi connectivity index (χ1n) is 11.2.